The first-order valence-corrected chi connectivity index (χ1v) is 10.6. The van der Waals surface area contributed by atoms with Crippen LogP contribution in [0.4, 0.5) is 0 Å². The van der Waals surface area contributed by atoms with Crippen LogP contribution in [0.25, 0.3) is 0 Å². The molecule has 4 rings (SSSR count). The third-order valence-corrected chi connectivity index (χ3v) is 11.1. The molecule has 0 aromatic heterocycles. The van der Waals surface area contributed by atoms with Gasteiger partial charge in [0.1, 0.15) is 0 Å². The molecule has 2 saturated carbocycles. The summed E-state index contributed by atoms with van der Waals surface area (Å²) < 4.78 is 0. The van der Waals surface area contributed by atoms with Gasteiger partial charge in [0.15, 0.2) is 0 Å². The van der Waals surface area contributed by atoms with Crippen molar-refractivity contribution < 1.29 is 16.5 Å². The fourth-order valence-electron chi connectivity index (χ4n) is 5.59. The van der Waals surface area contributed by atoms with Crippen LogP contribution in [0.2, 0.25) is 0 Å². The molecule has 4 bridgehead atoms. The SMILES string of the molecule is CC12CCC(C([S-])=C1[S-])C2(C)C.CC12CCC(C([S-])=C1[S-])C2(C)C.[Ni]. The van der Waals surface area contributed by atoms with Gasteiger partial charge < -0.3 is 50.5 Å². The zero-order chi connectivity index (χ0) is 18.3. The molecule has 5 heteroatoms. The van der Waals surface area contributed by atoms with Gasteiger partial charge in [-0.1, -0.05) is 41.5 Å². The average molecular weight is 455 g/mol. The first-order chi connectivity index (χ1) is 10.8. The standard InChI is InChI=1S/2C10H16S2.Ni/c2*1-9(2)6-4-5-10(9,3)8(12)7(6)11;/h2*6,11-12H,4-5H2,1-3H3;/p-4. The van der Waals surface area contributed by atoms with Crippen LogP contribution in [0.15, 0.2) is 19.6 Å². The molecule has 0 saturated heterocycles. The molecule has 4 atom stereocenters. The van der Waals surface area contributed by atoms with E-state index in [4.69, 9.17) is 50.5 Å². The minimum absolute atomic E-state index is 0. The minimum atomic E-state index is 0. The number of fused-ring (bicyclic) bond motifs is 4. The summed E-state index contributed by atoms with van der Waals surface area (Å²) >= 11 is 21.6. The second-order valence-electron chi connectivity index (χ2n) is 9.68. The third kappa shape index (κ3) is 2.59. The van der Waals surface area contributed by atoms with Crippen molar-refractivity contribution in [2.45, 2.75) is 67.2 Å². The molecule has 4 unspecified atom stereocenters. The smallest absolute Gasteiger partial charge is 0 e. The Morgan fingerprint density at radius 3 is 1.04 bits per heavy atom. The Kier molecular flexibility index (Phi) is 5.71. The number of hydrogen-bond acceptors (Lipinski definition) is 4. The maximum atomic E-state index is 5.41. The van der Waals surface area contributed by atoms with E-state index in [-0.39, 0.29) is 27.3 Å². The van der Waals surface area contributed by atoms with E-state index in [1.165, 1.54) is 25.7 Å². The van der Waals surface area contributed by atoms with Gasteiger partial charge in [-0.25, -0.2) is 19.6 Å². The Hall–Kier alpha value is 0.854. The van der Waals surface area contributed by atoms with E-state index in [9.17, 15) is 0 Å². The molecule has 146 valence electrons. The predicted octanol–water partition coefficient (Wildman–Crippen LogP) is 5.49. The van der Waals surface area contributed by atoms with Gasteiger partial charge in [0.25, 0.3) is 0 Å². The fourth-order valence-corrected chi connectivity index (χ4v) is 7.88. The van der Waals surface area contributed by atoms with E-state index in [1.54, 1.807) is 0 Å². The van der Waals surface area contributed by atoms with Crippen LogP contribution in [0.5, 0.6) is 0 Å². The van der Waals surface area contributed by atoms with Crippen molar-refractivity contribution in [3.05, 3.63) is 19.6 Å². The number of hydrogen-bond donors (Lipinski definition) is 0. The molecule has 0 aromatic rings. The third-order valence-electron chi connectivity index (χ3n) is 8.54. The van der Waals surface area contributed by atoms with E-state index < -0.39 is 0 Å². The molecule has 0 radical (unpaired) electrons. The van der Waals surface area contributed by atoms with Crippen LogP contribution < -0.4 is 0 Å². The van der Waals surface area contributed by atoms with Crippen LogP contribution in [0, 0.1) is 33.5 Å². The molecule has 4 aliphatic carbocycles. The minimum Gasteiger partial charge on any atom is -0.785 e. The Bertz CT molecular complexity index is 592. The zero-order valence-electron chi connectivity index (χ0n) is 15.9. The second kappa shape index (κ2) is 6.44. The van der Waals surface area contributed by atoms with E-state index in [0.717, 1.165) is 19.6 Å². The van der Waals surface area contributed by atoms with Crippen LogP contribution in [-0.2, 0) is 67.0 Å². The molecule has 0 aromatic carbocycles. The zero-order valence-corrected chi connectivity index (χ0v) is 20.2. The molecule has 0 N–H and O–H groups in total. The second-order valence-corrected chi connectivity index (χ2v) is 11.4. The number of rotatable bonds is 0. The summed E-state index contributed by atoms with van der Waals surface area (Å²) in [5.74, 6) is 1.18. The van der Waals surface area contributed by atoms with Crippen LogP contribution in [-0.4, -0.2) is 0 Å². The molecule has 0 nitrogen and oxygen atoms in total. The summed E-state index contributed by atoms with van der Waals surface area (Å²) in [6, 6.07) is 0. The molecule has 25 heavy (non-hydrogen) atoms. The molecular weight excluding hydrogens is 427 g/mol. The van der Waals surface area contributed by atoms with Gasteiger partial charge in [0.2, 0.25) is 0 Å². The van der Waals surface area contributed by atoms with Gasteiger partial charge in [-0.05, 0) is 59.2 Å². The van der Waals surface area contributed by atoms with Crippen molar-refractivity contribution in [2.75, 3.05) is 0 Å². The summed E-state index contributed by atoms with van der Waals surface area (Å²) in [4.78, 5) is 4.34. The first kappa shape index (κ1) is 22.1. The maximum Gasteiger partial charge on any atom is 0 e. The van der Waals surface area contributed by atoms with Crippen molar-refractivity contribution in [1.82, 2.24) is 0 Å². The number of allylic oxidation sites excluding steroid dienone is 4. The molecule has 2 fully saturated rings. The van der Waals surface area contributed by atoms with Gasteiger partial charge in [0.05, 0.1) is 0 Å². The normalized spacial score (nSPS) is 42.3. The van der Waals surface area contributed by atoms with Gasteiger partial charge in [-0.3, -0.25) is 0 Å². The Balaban J connectivity index is 0.000000173. The topological polar surface area (TPSA) is 0 Å². The molecule has 0 heterocycles. The average Bonchev–Trinajstić information content (AvgIpc) is 2.96. The molecular formula is C20H28NiS4-4. The van der Waals surface area contributed by atoms with Crippen LogP contribution in [0.1, 0.15) is 67.2 Å². The van der Waals surface area contributed by atoms with Crippen molar-refractivity contribution in [2.24, 2.45) is 33.5 Å². The van der Waals surface area contributed by atoms with Crippen molar-refractivity contribution >= 4 is 50.5 Å². The Labute approximate surface area is 186 Å². The summed E-state index contributed by atoms with van der Waals surface area (Å²) in [7, 11) is 0. The summed E-state index contributed by atoms with van der Waals surface area (Å²) in [6.45, 7) is 13.8. The van der Waals surface area contributed by atoms with Gasteiger partial charge in [-0.15, -0.1) is 0 Å². The van der Waals surface area contributed by atoms with Crippen LogP contribution >= 0.6 is 0 Å². The first-order valence-electron chi connectivity index (χ1n) is 8.99. The van der Waals surface area contributed by atoms with E-state index in [0.29, 0.717) is 22.7 Å². The van der Waals surface area contributed by atoms with E-state index >= 15 is 0 Å². The molecule has 0 aliphatic heterocycles. The quantitative estimate of drug-likeness (QED) is 0.350. The molecule has 4 aliphatic rings. The van der Waals surface area contributed by atoms with Gasteiger partial charge in [0, 0.05) is 16.5 Å². The van der Waals surface area contributed by atoms with Crippen molar-refractivity contribution in [3.63, 3.8) is 0 Å². The predicted molar refractivity (Wildman–Crippen MR) is 113 cm³/mol. The van der Waals surface area contributed by atoms with E-state index in [2.05, 4.69) is 41.5 Å². The van der Waals surface area contributed by atoms with Crippen molar-refractivity contribution in [3.8, 4) is 0 Å². The monoisotopic (exact) mass is 454 g/mol. The molecule has 0 amide bonds. The van der Waals surface area contributed by atoms with Gasteiger partial charge >= 0.3 is 0 Å². The van der Waals surface area contributed by atoms with Gasteiger partial charge in [-0.2, -0.15) is 0 Å². The largest absolute Gasteiger partial charge is 0.785 e. The maximum absolute atomic E-state index is 5.41. The fraction of sp³-hybridized carbons (Fsp3) is 0.800. The van der Waals surface area contributed by atoms with Crippen LogP contribution in [0.3, 0.4) is 0 Å². The summed E-state index contributed by atoms with van der Waals surface area (Å²) in [5.41, 5.74) is 1.09. The summed E-state index contributed by atoms with van der Waals surface area (Å²) in [6.07, 6.45) is 4.98. The molecule has 0 spiro atoms. The summed E-state index contributed by atoms with van der Waals surface area (Å²) in [5, 5.41) is 0. The Morgan fingerprint density at radius 2 is 0.920 bits per heavy atom. The van der Waals surface area contributed by atoms with Crippen molar-refractivity contribution in [1.29, 1.82) is 0 Å². The Morgan fingerprint density at radius 1 is 0.640 bits per heavy atom. The van der Waals surface area contributed by atoms with E-state index in [1.807, 2.05) is 0 Å².